The number of rotatable bonds is 3. The summed E-state index contributed by atoms with van der Waals surface area (Å²) in [6.45, 7) is 1.12. The van der Waals surface area contributed by atoms with E-state index in [0.29, 0.717) is 25.9 Å². The van der Waals surface area contributed by atoms with Crippen LogP contribution in [0.15, 0.2) is 22.8 Å². The van der Waals surface area contributed by atoms with Crippen molar-refractivity contribution in [1.82, 2.24) is 10.2 Å². The molecule has 2 aliphatic rings. The first-order valence-electron chi connectivity index (χ1n) is 7.82. The van der Waals surface area contributed by atoms with Gasteiger partial charge in [-0.3, -0.25) is 9.59 Å². The number of amides is 2. The van der Waals surface area contributed by atoms with E-state index in [0.717, 1.165) is 37.9 Å². The molecule has 1 spiro atoms. The first-order chi connectivity index (χ1) is 10.2. The molecule has 114 valence electrons. The van der Waals surface area contributed by atoms with Crippen molar-refractivity contribution < 1.29 is 14.0 Å². The molecule has 1 aromatic rings. The molecular weight excluding hydrogens is 268 g/mol. The van der Waals surface area contributed by atoms with Crippen LogP contribution < -0.4 is 5.32 Å². The lowest BCUT2D eigenvalue weighted by Gasteiger charge is -2.38. The normalized spacial score (nSPS) is 22.2. The van der Waals surface area contributed by atoms with Crippen LogP contribution in [-0.4, -0.2) is 35.3 Å². The Morgan fingerprint density at radius 1 is 1.24 bits per heavy atom. The fourth-order valence-electron chi connectivity index (χ4n) is 3.43. The van der Waals surface area contributed by atoms with Crippen LogP contribution in [0, 0.1) is 0 Å². The van der Waals surface area contributed by atoms with E-state index in [1.165, 1.54) is 0 Å². The number of hydrogen-bond donors (Lipinski definition) is 1. The third-order valence-electron chi connectivity index (χ3n) is 4.60. The number of nitrogens with zero attached hydrogens (tertiary/aromatic N) is 1. The summed E-state index contributed by atoms with van der Waals surface area (Å²) in [6, 6.07) is 3.77. The summed E-state index contributed by atoms with van der Waals surface area (Å²) in [7, 11) is 0. The molecule has 2 amide bonds. The maximum atomic E-state index is 12.9. The molecule has 0 bridgehead atoms. The van der Waals surface area contributed by atoms with Gasteiger partial charge in [0.05, 0.1) is 6.26 Å². The molecule has 1 aromatic heterocycles. The lowest BCUT2D eigenvalue weighted by molar-refractivity contribution is -0.140. The summed E-state index contributed by atoms with van der Waals surface area (Å²) in [5.74, 6) is 0.981. The lowest BCUT2D eigenvalue weighted by Crippen LogP contribution is -2.58. The predicted octanol–water partition coefficient (Wildman–Crippen LogP) is 1.87. The summed E-state index contributed by atoms with van der Waals surface area (Å²) >= 11 is 0. The summed E-state index contributed by atoms with van der Waals surface area (Å²) in [6.07, 6.45) is 7.46. The highest BCUT2D eigenvalue weighted by atomic mass is 16.3. The van der Waals surface area contributed by atoms with Gasteiger partial charge in [0.2, 0.25) is 11.8 Å². The van der Waals surface area contributed by atoms with Gasteiger partial charge in [-0.2, -0.15) is 0 Å². The van der Waals surface area contributed by atoms with Gasteiger partial charge in [0.1, 0.15) is 11.3 Å². The molecule has 2 heterocycles. The van der Waals surface area contributed by atoms with Gasteiger partial charge in [0, 0.05) is 25.9 Å². The van der Waals surface area contributed by atoms with Crippen molar-refractivity contribution in [1.29, 1.82) is 0 Å². The van der Waals surface area contributed by atoms with Crippen LogP contribution in [-0.2, 0) is 16.0 Å². The fraction of sp³-hybridized carbons (Fsp3) is 0.625. The molecule has 0 unspecified atom stereocenters. The predicted molar refractivity (Wildman–Crippen MR) is 77.6 cm³/mol. The molecule has 5 nitrogen and oxygen atoms in total. The van der Waals surface area contributed by atoms with E-state index in [-0.39, 0.29) is 11.8 Å². The number of carbonyl (C=O) groups excluding carboxylic acids is 2. The Morgan fingerprint density at radius 2 is 2.05 bits per heavy atom. The number of furan rings is 1. The van der Waals surface area contributed by atoms with Crippen molar-refractivity contribution >= 4 is 11.8 Å². The summed E-state index contributed by atoms with van der Waals surface area (Å²) in [4.78, 5) is 26.7. The van der Waals surface area contributed by atoms with E-state index >= 15 is 0 Å². The Hall–Kier alpha value is -1.78. The zero-order valence-corrected chi connectivity index (χ0v) is 12.3. The van der Waals surface area contributed by atoms with Crippen LogP contribution in [0.3, 0.4) is 0 Å². The van der Waals surface area contributed by atoms with Gasteiger partial charge in [-0.1, -0.05) is 19.3 Å². The highest BCUT2D eigenvalue weighted by molar-refractivity contribution is 5.93. The largest absolute Gasteiger partial charge is 0.469 e. The van der Waals surface area contributed by atoms with Gasteiger partial charge < -0.3 is 14.6 Å². The van der Waals surface area contributed by atoms with Crippen LogP contribution >= 0.6 is 0 Å². The van der Waals surface area contributed by atoms with Crippen LogP contribution in [0.2, 0.25) is 0 Å². The van der Waals surface area contributed by atoms with Crippen LogP contribution in [0.25, 0.3) is 0 Å². The second kappa shape index (κ2) is 5.92. The third kappa shape index (κ3) is 2.96. The minimum Gasteiger partial charge on any atom is -0.469 e. The molecule has 0 aromatic carbocycles. The minimum absolute atomic E-state index is 0.00532. The van der Waals surface area contributed by atoms with E-state index in [1.54, 1.807) is 6.26 Å². The molecule has 2 fully saturated rings. The van der Waals surface area contributed by atoms with E-state index in [9.17, 15) is 9.59 Å². The fourth-order valence-corrected chi connectivity index (χ4v) is 3.43. The summed E-state index contributed by atoms with van der Waals surface area (Å²) in [5.41, 5.74) is -0.644. The molecule has 1 saturated carbocycles. The SMILES string of the molecule is O=C1CCN(CCc2ccco2)C(=O)C2(CCCCC2)N1. The maximum absolute atomic E-state index is 12.9. The first kappa shape index (κ1) is 14.2. The summed E-state index contributed by atoms with van der Waals surface area (Å²) in [5, 5.41) is 3.01. The number of nitrogens with one attached hydrogen (secondary N) is 1. The maximum Gasteiger partial charge on any atom is 0.248 e. The minimum atomic E-state index is -0.644. The highest BCUT2D eigenvalue weighted by Crippen LogP contribution is 2.31. The Balaban J connectivity index is 1.73. The average molecular weight is 290 g/mol. The van der Waals surface area contributed by atoms with E-state index in [4.69, 9.17) is 4.42 Å². The zero-order valence-electron chi connectivity index (χ0n) is 12.3. The average Bonchev–Trinajstić information content (AvgIpc) is 2.97. The van der Waals surface area contributed by atoms with Crippen LogP contribution in [0.5, 0.6) is 0 Å². The number of hydrogen-bond acceptors (Lipinski definition) is 3. The second-order valence-electron chi connectivity index (χ2n) is 6.06. The Kier molecular flexibility index (Phi) is 3.99. The highest BCUT2D eigenvalue weighted by Gasteiger charge is 2.44. The van der Waals surface area contributed by atoms with Crippen molar-refractivity contribution in [2.24, 2.45) is 0 Å². The number of carbonyl (C=O) groups is 2. The third-order valence-corrected chi connectivity index (χ3v) is 4.60. The van der Waals surface area contributed by atoms with Gasteiger partial charge >= 0.3 is 0 Å². The van der Waals surface area contributed by atoms with Crippen molar-refractivity contribution in [2.75, 3.05) is 13.1 Å². The van der Waals surface area contributed by atoms with Crippen LogP contribution in [0.4, 0.5) is 0 Å². The molecule has 1 aliphatic heterocycles. The van der Waals surface area contributed by atoms with Crippen molar-refractivity contribution in [3.05, 3.63) is 24.2 Å². The molecule has 0 radical (unpaired) electrons. The zero-order chi connectivity index (χ0) is 14.7. The lowest BCUT2D eigenvalue weighted by atomic mass is 9.80. The van der Waals surface area contributed by atoms with Crippen molar-refractivity contribution in [3.8, 4) is 0 Å². The van der Waals surface area contributed by atoms with Gasteiger partial charge in [-0.05, 0) is 25.0 Å². The molecule has 1 aliphatic carbocycles. The Labute approximate surface area is 124 Å². The Morgan fingerprint density at radius 3 is 2.76 bits per heavy atom. The molecule has 1 N–H and O–H groups in total. The van der Waals surface area contributed by atoms with Gasteiger partial charge in [-0.25, -0.2) is 0 Å². The van der Waals surface area contributed by atoms with Crippen LogP contribution in [0.1, 0.15) is 44.3 Å². The molecule has 21 heavy (non-hydrogen) atoms. The topological polar surface area (TPSA) is 62.6 Å². The first-order valence-corrected chi connectivity index (χ1v) is 7.82. The molecule has 1 saturated heterocycles. The smallest absolute Gasteiger partial charge is 0.248 e. The second-order valence-corrected chi connectivity index (χ2v) is 6.06. The van der Waals surface area contributed by atoms with Gasteiger partial charge in [0.15, 0.2) is 0 Å². The molecule has 3 rings (SSSR count). The van der Waals surface area contributed by atoms with Crippen molar-refractivity contribution in [3.63, 3.8) is 0 Å². The summed E-state index contributed by atoms with van der Waals surface area (Å²) < 4.78 is 5.33. The molecular formula is C16H22N2O3. The van der Waals surface area contributed by atoms with Gasteiger partial charge in [-0.15, -0.1) is 0 Å². The molecule has 5 heteroatoms. The van der Waals surface area contributed by atoms with E-state index < -0.39 is 5.54 Å². The van der Waals surface area contributed by atoms with Gasteiger partial charge in [0.25, 0.3) is 0 Å². The standard InChI is InChI=1S/C16H22N2O3/c19-14-7-11-18(10-6-13-5-4-12-21-13)15(20)16(17-14)8-2-1-3-9-16/h4-5,12H,1-3,6-11H2,(H,17,19). The van der Waals surface area contributed by atoms with Crippen molar-refractivity contribution in [2.45, 2.75) is 50.5 Å². The Bertz CT molecular complexity index is 504. The van der Waals surface area contributed by atoms with E-state index in [2.05, 4.69) is 5.32 Å². The monoisotopic (exact) mass is 290 g/mol. The quantitative estimate of drug-likeness (QED) is 0.924. The van der Waals surface area contributed by atoms with E-state index in [1.807, 2.05) is 17.0 Å². The molecule has 0 atom stereocenters.